The predicted octanol–water partition coefficient (Wildman–Crippen LogP) is 3.21. The van der Waals surface area contributed by atoms with E-state index in [1.165, 1.54) is 0 Å². The van der Waals surface area contributed by atoms with Gasteiger partial charge in [0.05, 0.1) is 0 Å². The molecule has 2 amide bonds. The van der Waals surface area contributed by atoms with E-state index in [0.29, 0.717) is 5.92 Å². The van der Waals surface area contributed by atoms with Crippen LogP contribution in [-0.2, 0) is 0 Å². The third-order valence-corrected chi connectivity index (χ3v) is 3.58. The second-order valence-electron chi connectivity index (χ2n) is 5.44. The molecule has 2 unspecified atom stereocenters. The molecule has 0 bridgehead atoms. The Labute approximate surface area is 116 Å². The molecule has 1 rings (SSSR count). The Bertz CT molecular complexity index is 412. The molecule has 0 aromatic heterocycles. The summed E-state index contributed by atoms with van der Waals surface area (Å²) < 4.78 is 0. The predicted molar refractivity (Wildman–Crippen MR) is 80.1 cm³/mol. The first-order chi connectivity index (χ1) is 8.82. The molecule has 4 heteroatoms. The van der Waals surface area contributed by atoms with Gasteiger partial charge in [-0.25, -0.2) is 4.79 Å². The van der Waals surface area contributed by atoms with Crippen molar-refractivity contribution >= 4 is 11.7 Å². The van der Waals surface area contributed by atoms with Crippen molar-refractivity contribution in [3.63, 3.8) is 0 Å². The van der Waals surface area contributed by atoms with Crippen molar-refractivity contribution < 1.29 is 4.79 Å². The summed E-state index contributed by atoms with van der Waals surface area (Å²) in [5, 5.41) is 2.89. The summed E-state index contributed by atoms with van der Waals surface area (Å²) in [4.78, 5) is 13.8. The van der Waals surface area contributed by atoms with Crippen molar-refractivity contribution in [1.82, 2.24) is 4.90 Å². The minimum Gasteiger partial charge on any atom is -0.325 e. The zero-order chi connectivity index (χ0) is 14.6. The third kappa shape index (κ3) is 4.24. The zero-order valence-electron chi connectivity index (χ0n) is 12.5. The lowest BCUT2D eigenvalue weighted by Crippen LogP contribution is -2.40. The van der Waals surface area contributed by atoms with E-state index >= 15 is 0 Å². The van der Waals surface area contributed by atoms with E-state index in [4.69, 9.17) is 5.73 Å². The third-order valence-electron chi connectivity index (χ3n) is 3.58. The first kappa shape index (κ1) is 15.5. The number of hydrogen-bond donors (Lipinski definition) is 2. The van der Waals surface area contributed by atoms with Crippen LogP contribution in [0.1, 0.15) is 39.3 Å². The Morgan fingerprint density at radius 1 is 1.16 bits per heavy atom. The van der Waals surface area contributed by atoms with E-state index in [-0.39, 0.29) is 18.1 Å². The van der Waals surface area contributed by atoms with Gasteiger partial charge in [0, 0.05) is 24.8 Å². The van der Waals surface area contributed by atoms with Crippen molar-refractivity contribution in [3.8, 4) is 0 Å². The lowest BCUT2D eigenvalue weighted by atomic mass is 10.1. The van der Waals surface area contributed by atoms with Crippen molar-refractivity contribution in [2.75, 3.05) is 12.4 Å². The van der Waals surface area contributed by atoms with Gasteiger partial charge < -0.3 is 16.0 Å². The van der Waals surface area contributed by atoms with Crippen molar-refractivity contribution in [2.45, 2.75) is 39.8 Å². The minimum absolute atomic E-state index is 0.00777. The van der Waals surface area contributed by atoms with Crippen LogP contribution < -0.4 is 11.1 Å². The highest BCUT2D eigenvalue weighted by Gasteiger charge is 2.18. The molecule has 0 aliphatic rings. The lowest BCUT2D eigenvalue weighted by molar-refractivity contribution is 0.193. The van der Waals surface area contributed by atoms with Gasteiger partial charge in [0.1, 0.15) is 0 Å². The average molecular weight is 263 g/mol. The van der Waals surface area contributed by atoms with Gasteiger partial charge >= 0.3 is 6.03 Å². The molecule has 0 saturated heterocycles. The second kappa shape index (κ2) is 6.57. The summed E-state index contributed by atoms with van der Waals surface area (Å²) in [5.74, 6) is 0.427. The lowest BCUT2D eigenvalue weighted by Gasteiger charge is -2.28. The van der Waals surface area contributed by atoms with Crippen molar-refractivity contribution in [3.05, 3.63) is 29.8 Å². The average Bonchev–Trinajstić information content (AvgIpc) is 2.37. The maximum Gasteiger partial charge on any atom is 0.321 e. The normalized spacial score (nSPS) is 14.1. The summed E-state index contributed by atoms with van der Waals surface area (Å²) >= 11 is 0. The molecule has 0 spiro atoms. The van der Waals surface area contributed by atoms with Crippen LogP contribution in [0.3, 0.4) is 0 Å². The van der Waals surface area contributed by atoms with E-state index in [1.807, 2.05) is 45.2 Å². The molecule has 2 atom stereocenters. The van der Waals surface area contributed by atoms with Crippen molar-refractivity contribution in [2.24, 2.45) is 11.7 Å². The number of carbonyl (C=O) groups excluding carboxylic acids is 1. The molecule has 0 radical (unpaired) electrons. The van der Waals surface area contributed by atoms with Gasteiger partial charge in [0.2, 0.25) is 0 Å². The van der Waals surface area contributed by atoms with Crippen LogP contribution in [0.15, 0.2) is 24.3 Å². The summed E-state index contributed by atoms with van der Waals surface area (Å²) in [6, 6.07) is 7.75. The summed E-state index contributed by atoms with van der Waals surface area (Å²) in [6.07, 6.45) is 0. The van der Waals surface area contributed by atoms with Gasteiger partial charge in [-0.2, -0.15) is 0 Å². The number of benzene rings is 1. The number of nitrogens with two attached hydrogens (primary N) is 1. The largest absolute Gasteiger partial charge is 0.325 e. The molecule has 0 saturated carbocycles. The van der Waals surface area contributed by atoms with Gasteiger partial charge in [-0.05, 0) is 37.5 Å². The Balaban J connectivity index is 2.66. The molecule has 106 valence electrons. The van der Waals surface area contributed by atoms with E-state index in [2.05, 4.69) is 19.2 Å². The molecular formula is C15H25N3O. The molecule has 0 heterocycles. The quantitative estimate of drug-likeness (QED) is 0.876. The molecule has 1 aromatic carbocycles. The van der Waals surface area contributed by atoms with Gasteiger partial charge in [0.15, 0.2) is 0 Å². The SMILES string of the molecule is CC(N)c1ccc(NC(=O)N(C)C(C)C(C)C)cc1. The standard InChI is InChI=1S/C15H25N3O/c1-10(2)12(4)18(5)15(19)17-14-8-6-13(7-9-14)11(3)16/h6-12H,16H2,1-5H3,(H,17,19). The number of urea groups is 1. The summed E-state index contributed by atoms with van der Waals surface area (Å²) in [5.41, 5.74) is 7.64. The Kier molecular flexibility index (Phi) is 5.36. The highest BCUT2D eigenvalue weighted by molar-refractivity contribution is 5.89. The minimum atomic E-state index is -0.0882. The molecule has 0 aliphatic heterocycles. The highest BCUT2D eigenvalue weighted by atomic mass is 16.2. The van der Waals surface area contributed by atoms with E-state index < -0.39 is 0 Å². The number of rotatable bonds is 4. The maximum atomic E-state index is 12.1. The van der Waals surface area contributed by atoms with Crippen LogP contribution in [0.5, 0.6) is 0 Å². The van der Waals surface area contributed by atoms with Crippen LogP contribution >= 0.6 is 0 Å². The highest BCUT2D eigenvalue weighted by Crippen LogP contribution is 2.15. The fraction of sp³-hybridized carbons (Fsp3) is 0.533. The number of amides is 2. The number of carbonyl (C=O) groups is 1. The van der Waals surface area contributed by atoms with E-state index in [1.54, 1.807) is 4.90 Å². The molecule has 4 nitrogen and oxygen atoms in total. The molecule has 3 N–H and O–H groups in total. The summed E-state index contributed by atoms with van der Waals surface area (Å²) in [6.45, 7) is 8.19. The molecule has 19 heavy (non-hydrogen) atoms. The van der Waals surface area contributed by atoms with Crippen molar-refractivity contribution in [1.29, 1.82) is 0 Å². The van der Waals surface area contributed by atoms with Gasteiger partial charge in [0.25, 0.3) is 0 Å². The van der Waals surface area contributed by atoms with Gasteiger partial charge in [-0.1, -0.05) is 26.0 Å². The first-order valence-corrected chi connectivity index (χ1v) is 6.72. The second-order valence-corrected chi connectivity index (χ2v) is 5.44. The van der Waals surface area contributed by atoms with Crippen LogP contribution in [0.4, 0.5) is 10.5 Å². The molecule has 0 fully saturated rings. The smallest absolute Gasteiger partial charge is 0.321 e. The van der Waals surface area contributed by atoms with Gasteiger partial charge in [-0.3, -0.25) is 0 Å². The van der Waals surface area contributed by atoms with E-state index in [9.17, 15) is 4.79 Å². The fourth-order valence-corrected chi connectivity index (χ4v) is 1.71. The van der Waals surface area contributed by atoms with Crippen LogP contribution in [0.25, 0.3) is 0 Å². The van der Waals surface area contributed by atoms with Crippen LogP contribution in [0.2, 0.25) is 0 Å². The summed E-state index contributed by atoms with van der Waals surface area (Å²) in [7, 11) is 1.82. The van der Waals surface area contributed by atoms with Gasteiger partial charge in [-0.15, -0.1) is 0 Å². The van der Waals surface area contributed by atoms with E-state index in [0.717, 1.165) is 11.3 Å². The number of anilines is 1. The monoisotopic (exact) mass is 263 g/mol. The molecular weight excluding hydrogens is 238 g/mol. The topological polar surface area (TPSA) is 58.4 Å². The number of nitrogens with zero attached hydrogens (tertiary/aromatic N) is 1. The maximum absolute atomic E-state index is 12.1. The number of hydrogen-bond acceptors (Lipinski definition) is 2. The fourth-order valence-electron chi connectivity index (χ4n) is 1.71. The Morgan fingerprint density at radius 2 is 1.68 bits per heavy atom. The van der Waals surface area contributed by atoms with Crippen LogP contribution in [-0.4, -0.2) is 24.0 Å². The molecule has 0 aliphatic carbocycles. The zero-order valence-corrected chi connectivity index (χ0v) is 12.5. The number of nitrogens with one attached hydrogen (secondary N) is 1. The molecule has 1 aromatic rings. The van der Waals surface area contributed by atoms with Crippen LogP contribution in [0, 0.1) is 5.92 Å². The Morgan fingerprint density at radius 3 is 2.11 bits per heavy atom. The first-order valence-electron chi connectivity index (χ1n) is 6.72. The Hall–Kier alpha value is -1.55.